The van der Waals surface area contributed by atoms with Gasteiger partial charge in [-0.2, -0.15) is 0 Å². The molecular formula is C13H15NO6Se. The molecule has 1 aromatic carbocycles. The minimum absolute atomic E-state index is 0.282. The van der Waals surface area contributed by atoms with Crippen molar-refractivity contribution in [2.75, 3.05) is 6.61 Å². The molecule has 2 heterocycles. The number of aliphatic hydroxyl groups excluding tert-OH is 4. The molecule has 0 bridgehead atoms. The predicted octanol–water partition coefficient (Wildman–Crippen LogP) is -1.97. The first kappa shape index (κ1) is 14.9. The van der Waals surface area contributed by atoms with Crippen molar-refractivity contribution in [3.63, 3.8) is 0 Å². The maximum absolute atomic E-state index is 12.4. The molecule has 0 saturated carbocycles. The number of benzene rings is 1. The van der Waals surface area contributed by atoms with Gasteiger partial charge in [-0.3, -0.25) is 0 Å². The molecule has 4 N–H and O–H groups in total. The van der Waals surface area contributed by atoms with E-state index in [4.69, 9.17) is 4.74 Å². The SMILES string of the molecule is O=c1c2ccccc2[se]n1[C@@H]1O[C@H](CO)[C@H](O)[C@H](O)[C@H]1O. The maximum atomic E-state index is 12.4. The Morgan fingerprint density at radius 2 is 1.86 bits per heavy atom. The summed E-state index contributed by atoms with van der Waals surface area (Å²) in [6, 6.07) is 7.11. The molecule has 0 unspecified atom stereocenters. The Bertz CT molecular complexity index is 695. The van der Waals surface area contributed by atoms with E-state index in [9.17, 15) is 25.2 Å². The van der Waals surface area contributed by atoms with E-state index in [1.54, 1.807) is 12.1 Å². The molecule has 0 radical (unpaired) electrons. The van der Waals surface area contributed by atoms with Gasteiger partial charge in [-0.15, -0.1) is 0 Å². The van der Waals surface area contributed by atoms with Gasteiger partial charge in [0.25, 0.3) is 0 Å². The van der Waals surface area contributed by atoms with E-state index in [0.29, 0.717) is 5.39 Å². The monoisotopic (exact) mass is 361 g/mol. The van der Waals surface area contributed by atoms with E-state index in [2.05, 4.69) is 0 Å². The van der Waals surface area contributed by atoms with Gasteiger partial charge < -0.3 is 0 Å². The molecule has 8 heteroatoms. The summed E-state index contributed by atoms with van der Waals surface area (Å²) in [4.78, 5) is 12.4. The van der Waals surface area contributed by atoms with Crippen LogP contribution in [-0.4, -0.2) is 69.7 Å². The zero-order valence-corrected chi connectivity index (χ0v) is 12.6. The molecule has 114 valence electrons. The molecule has 1 aliphatic rings. The van der Waals surface area contributed by atoms with Crippen molar-refractivity contribution in [1.29, 1.82) is 0 Å². The summed E-state index contributed by atoms with van der Waals surface area (Å²) in [5.41, 5.74) is -0.282. The van der Waals surface area contributed by atoms with Crippen molar-refractivity contribution in [2.45, 2.75) is 30.6 Å². The minimum atomic E-state index is -1.48. The fourth-order valence-electron chi connectivity index (χ4n) is 2.43. The molecule has 0 aliphatic carbocycles. The first-order chi connectivity index (χ1) is 10.0. The van der Waals surface area contributed by atoms with Gasteiger partial charge in [0.15, 0.2) is 0 Å². The number of aliphatic hydroxyl groups is 4. The number of nitrogens with zero attached hydrogens (tertiary/aromatic N) is 1. The molecule has 7 nitrogen and oxygen atoms in total. The zero-order valence-electron chi connectivity index (χ0n) is 10.9. The van der Waals surface area contributed by atoms with Gasteiger partial charge in [0.05, 0.1) is 0 Å². The van der Waals surface area contributed by atoms with Gasteiger partial charge >= 0.3 is 125 Å². The van der Waals surface area contributed by atoms with Crippen LogP contribution in [0, 0.1) is 0 Å². The van der Waals surface area contributed by atoms with Crippen LogP contribution in [0.15, 0.2) is 29.1 Å². The van der Waals surface area contributed by atoms with Crippen LogP contribution < -0.4 is 5.56 Å². The van der Waals surface area contributed by atoms with E-state index < -0.39 is 37.3 Å². The number of rotatable bonds is 2. The molecule has 5 atom stereocenters. The fraction of sp³-hybridized carbons (Fsp3) is 0.462. The van der Waals surface area contributed by atoms with Crippen molar-refractivity contribution < 1.29 is 25.2 Å². The van der Waals surface area contributed by atoms with E-state index in [1.165, 1.54) is 3.56 Å². The Kier molecular flexibility index (Phi) is 4.02. The second-order valence-electron chi connectivity index (χ2n) is 4.94. The second kappa shape index (κ2) is 5.66. The molecular weight excluding hydrogens is 345 g/mol. The summed E-state index contributed by atoms with van der Waals surface area (Å²) in [6.45, 7) is -0.510. The van der Waals surface area contributed by atoms with Crippen molar-refractivity contribution in [1.82, 2.24) is 3.56 Å². The fourth-order valence-corrected chi connectivity index (χ4v) is 4.67. The van der Waals surface area contributed by atoms with Crippen molar-refractivity contribution in [3.8, 4) is 0 Å². The third-order valence-electron chi connectivity index (χ3n) is 3.61. The van der Waals surface area contributed by atoms with Gasteiger partial charge in [0, 0.05) is 0 Å². The zero-order chi connectivity index (χ0) is 15.1. The summed E-state index contributed by atoms with van der Waals surface area (Å²) in [7, 11) is 0. The molecule has 1 aliphatic heterocycles. The number of hydrogen-bond donors (Lipinski definition) is 4. The molecule has 21 heavy (non-hydrogen) atoms. The van der Waals surface area contributed by atoms with Crippen LogP contribution in [0.25, 0.3) is 9.65 Å². The van der Waals surface area contributed by atoms with Crippen LogP contribution in [0.5, 0.6) is 0 Å². The number of fused-ring (bicyclic) bond motifs is 1. The molecule has 1 saturated heterocycles. The van der Waals surface area contributed by atoms with Crippen molar-refractivity contribution in [2.24, 2.45) is 0 Å². The molecule has 0 spiro atoms. The van der Waals surface area contributed by atoms with Gasteiger partial charge in [-0.1, -0.05) is 0 Å². The van der Waals surface area contributed by atoms with E-state index in [0.717, 1.165) is 4.26 Å². The Morgan fingerprint density at radius 1 is 1.14 bits per heavy atom. The van der Waals surface area contributed by atoms with Gasteiger partial charge in [0.2, 0.25) is 0 Å². The average molecular weight is 360 g/mol. The first-order valence-corrected chi connectivity index (χ1v) is 8.08. The van der Waals surface area contributed by atoms with Crippen LogP contribution in [0.4, 0.5) is 0 Å². The summed E-state index contributed by atoms with van der Waals surface area (Å²) in [6.07, 6.45) is -6.42. The van der Waals surface area contributed by atoms with Gasteiger partial charge in [-0.25, -0.2) is 0 Å². The molecule has 0 amide bonds. The second-order valence-corrected chi connectivity index (χ2v) is 7.07. The van der Waals surface area contributed by atoms with Gasteiger partial charge in [-0.05, 0) is 0 Å². The Labute approximate surface area is 125 Å². The summed E-state index contributed by atoms with van der Waals surface area (Å²) >= 11 is -0.388. The Hall–Kier alpha value is -0.991. The molecule has 2 aromatic rings. The van der Waals surface area contributed by atoms with Crippen LogP contribution in [0.2, 0.25) is 0 Å². The number of aromatic nitrogens is 1. The van der Waals surface area contributed by atoms with Crippen molar-refractivity contribution >= 4 is 24.4 Å². The van der Waals surface area contributed by atoms with E-state index >= 15 is 0 Å². The molecule has 1 aromatic heterocycles. The van der Waals surface area contributed by atoms with Crippen molar-refractivity contribution in [3.05, 3.63) is 34.6 Å². The Balaban J connectivity index is 2.05. The standard InChI is InChI=1S/C13H15NO6Se/c15-5-7-9(16)10(17)11(18)13(20-7)14-12(19)6-3-1-2-4-8(6)21-14/h1-4,7,9-11,13,15-18H,5H2/t7-,9+,10+,11-,13-/m1/s1. The summed E-state index contributed by atoms with van der Waals surface area (Å²) < 4.78 is 7.66. The summed E-state index contributed by atoms with van der Waals surface area (Å²) in [5.74, 6) is 0. The predicted molar refractivity (Wildman–Crippen MR) is 74.2 cm³/mol. The van der Waals surface area contributed by atoms with E-state index in [-0.39, 0.29) is 20.3 Å². The first-order valence-electron chi connectivity index (χ1n) is 6.45. The third-order valence-corrected chi connectivity index (χ3v) is 5.97. The number of hydrogen-bond acceptors (Lipinski definition) is 6. The van der Waals surface area contributed by atoms with E-state index in [1.807, 2.05) is 12.1 Å². The average Bonchev–Trinajstić information content (AvgIpc) is 2.83. The molecule has 3 rings (SSSR count). The van der Waals surface area contributed by atoms with Gasteiger partial charge in [0.1, 0.15) is 0 Å². The van der Waals surface area contributed by atoms with Crippen LogP contribution >= 0.6 is 0 Å². The van der Waals surface area contributed by atoms with Crippen LogP contribution in [-0.2, 0) is 4.74 Å². The number of ether oxygens (including phenoxy) is 1. The molecule has 1 fully saturated rings. The third kappa shape index (κ3) is 2.39. The quantitative estimate of drug-likeness (QED) is 0.463. The van der Waals surface area contributed by atoms with Crippen LogP contribution in [0.1, 0.15) is 6.23 Å². The topological polar surface area (TPSA) is 112 Å². The van der Waals surface area contributed by atoms with Crippen LogP contribution in [0.3, 0.4) is 0 Å². The Morgan fingerprint density at radius 3 is 2.52 bits per heavy atom. The summed E-state index contributed by atoms with van der Waals surface area (Å²) in [5, 5.41) is 39.4. The normalized spacial score (nSPS) is 33.4.